The third kappa shape index (κ3) is 2.71. The number of carbonyl (C=O) groups excluding carboxylic acids is 2. The third-order valence-electron chi connectivity index (χ3n) is 6.09. The van der Waals surface area contributed by atoms with Gasteiger partial charge in [0.25, 0.3) is 0 Å². The number of benzene rings is 1. The highest BCUT2D eigenvalue weighted by Crippen LogP contribution is 2.37. The number of carbonyl (C=O) groups is 2. The molecule has 2 saturated heterocycles. The number of esters is 1. The summed E-state index contributed by atoms with van der Waals surface area (Å²) in [7, 11) is 0. The van der Waals surface area contributed by atoms with Crippen molar-refractivity contribution in [2.24, 2.45) is 5.41 Å². The number of nitrogens with one attached hydrogen (secondary N) is 1. The summed E-state index contributed by atoms with van der Waals surface area (Å²) in [6.45, 7) is 6.54. The van der Waals surface area contributed by atoms with E-state index in [-0.39, 0.29) is 17.3 Å². The molecule has 0 atom stereocenters. The van der Waals surface area contributed by atoms with Crippen LogP contribution in [0.25, 0.3) is 0 Å². The lowest BCUT2D eigenvalue weighted by molar-refractivity contribution is -0.119. The average molecular weight is 328 g/mol. The molecule has 0 saturated carbocycles. The van der Waals surface area contributed by atoms with Gasteiger partial charge in [-0.1, -0.05) is 6.07 Å². The van der Waals surface area contributed by atoms with E-state index in [1.807, 2.05) is 6.07 Å². The maximum absolute atomic E-state index is 11.6. The van der Waals surface area contributed by atoms with Crippen LogP contribution >= 0.6 is 0 Å². The predicted octanol–water partition coefficient (Wildman–Crippen LogP) is 1.81. The third-order valence-corrected chi connectivity index (χ3v) is 6.09. The molecule has 2 fully saturated rings. The molecule has 1 amide bonds. The first-order valence-corrected chi connectivity index (χ1v) is 8.84. The van der Waals surface area contributed by atoms with Gasteiger partial charge in [0.1, 0.15) is 6.61 Å². The van der Waals surface area contributed by atoms with E-state index in [2.05, 4.69) is 23.2 Å². The Labute approximate surface area is 142 Å². The lowest BCUT2D eigenvalue weighted by Crippen LogP contribution is -2.41. The van der Waals surface area contributed by atoms with Crippen molar-refractivity contribution in [3.63, 3.8) is 0 Å². The minimum absolute atomic E-state index is 0.194. The van der Waals surface area contributed by atoms with Crippen LogP contribution in [0.1, 0.15) is 46.3 Å². The molecule has 4 rings (SSSR count). The maximum atomic E-state index is 11.6. The molecule has 1 aromatic rings. The summed E-state index contributed by atoms with van der Waals surface area (Å²) in [5.41, 5.74) is 4.53. The normalized spacial score (nSPS) is 22.5. The number of cyclic esters (lactones) is 1. The van der Waals surface area contributed by atoms with Gasteiger partial charge >= 0.3 is 5.97 Å². The van der Waals surface area contributed by atoms with E-state index < -0.39 is 0 Å². The van der Waals surface area contributed by atoms with Gasteiger partial charge < -0.3 is 15.0 Å². The van der Waals surface area contributed by atoms with Crippen molar-refractivity contribution >= 4 is 11.9 Å². The summed E-state index contributed by atoms with van der Waals surface area (Å²) >= 11 is 0. The molecule has 0 radical (unpaired) electrons. The predicted molar refractivity (Wildman–Crippen MR) is 89.7 cm³/mol. The van der Waals surface area contributed by atoms with E-state index in [4.69, 9.17) is 4.74 Å². The van der Waals surface area contributed by atoms with Gasteiger partial charge in [0.15, 0.2) is 0 Å². The van der Waals surface area contributed by atoms with Gasteiger partial charge in [-0.05, 0) is 61.9 Å². The Bertz CT molecular complexity index is 690. The number of rotatable bonds is 3. The summed E-state index contributed by atoms with van der Waals surface area (Å²) in [5.74, 6) is 0.0229. The number of likely N-dealkylation sites (tertiary alicyclic amines) is 1. The van der Waals surface area contributed by atoms with Crippen LogP contribution in [0.3, 0.4) is 0 Å². The smallest absolute Gasteiger partial charge is 0.338 e. The van der Waals surface area contributed by atoms with Gasteiger partial charge in [-0.2, -0.15) is 0 Å². The topological polar surface area (TPSA) is 58.6 Å². The molecule has 3 aliphatic rings. The highest BCUT2D eigenvalue weighted by molar-refractivity contribution is 5.93. The Morgan fingerprint density at radius 2 is 2.04 bits per heavy atom. The first-order chi connectivity index (χ1) is 11.6. The number of piperidine rings is 1. The van der Waals surface area contributed by atoms with Crippen molar-refractivity contribution in [3.05, 3.63) is 34.4 Å². The molecule has 5 heteroatoms. The Hall–Kier alpha value is -1.88. The van der Waals surface area contributed by atoms with Crippen LogP contribution in [0, 0.1) is 12.3 Å². The number of amides is 1. The molecule has 3 aliphatic heterocycles. The molecule has 1 N–H and O–H groups in total. The number of fused-ring (bicyclic) bond motifs is 1. The molecular formula is C19H24N2O3. The van der Waals surface area contributed by atoms with Gasteiger partial charge in [0, 0.05) is 25.1 Å². The largest absolute Gasteiger partial charge is 0.457 e. The Balaban J connectivity index is 1.35. The van der Waals surface area contributed by atoms with Gasteiger partial charge in [0.2, 0.25) is 5.91 Å². The zero-order valence-corrected chi connectivity index (χ0v) is 14.2. The number of hydrogen-bond acceptors (Lipinski definition) is 4. The summed E-state index contributed by atoms with van der Waals surface area (Å²) < 4.78 is 5.13. The van der Waals surface area contributed by atoms with E-state index in [0.717, 1.165) is 56.6 Å². The molecule has 128 valence electrons. The van der Waals surface area contributed by atoms with Crippen LogP contribution < -0.4 is 5.32 Å². The second kappa shape index (κ2) is 5.88. The van der Waals surface area contributed by atoms with E-state index in [9.17, 15) is 9.59 Å². The van der Waals surface area contributed by atoms with Crippen molar-refractivity contribution in [1.29, 1.82) is 0 Å². The minimum atomic E-state index is -0.194. The summed E-state index contributed by atoms with van der Waals surface area (Å²) in [5, 5.41) is 2.99. The Morgan fingerprint density at radius 3 is 2.75 bits per heavy atom. The number of nitrogens with zero attached hydrogens (tertiary/aromatic N) is 1. The molecule has 24 heavy (non-hydrogen) atoms. The van der Waals surface area contributed by atoms with Crippen molar-refractivity contribution in [1.82, 2.24) is 10.2 Å². The SMILES string of the molecule is Cc1c(CCN2CCC3(CC2)CNC(=O)C3)ccc2c1COC2=O. The zero-order chi connectivity index (χ0) is 16.7. The van der Waals surface area contributed by atoms with Crippen LogP contribution in [0.2, 0.25) is 0 Å². The lowest BCUT2D eigenvalue weighted by Gasteiger charge is -2.38. The van der Waals surface area contributed by atoms with Crippen LogP contribution in [0.4, 0.5) is 0 Å². The molecule has 1 spiro atoms. The number of ether oxygens (including phenoxy) is 1. The fourth-order valence-corrected chi connectivity index (χ4v) is 4.30. The fourth-order valence-electron chi connectivity index (χ4n) is 4.30. The molecule has 0 aliphatic carbocycles. The van der Waals surface area contributed by atoms with Gasteiger partial charge in [-0.25, -0.2) is 4.79 Å². The standard InChI is InChI=1S/C19H24N2O3/c1-13-14(2-3-15-16(13)11-24-18(15)23)4-7-21-8-5-19(6-9-21)10-17(22)20-12-19/h2-3H,4-12H2,1H3,(H,20,22). The molecule has 1 aromatic carbocycles. The van der Waals surface area contributed by atoms with Crippen LogP contribution in [0.15, 0.2) is 12.1 Å². The first-order valence-electron chi connectivity index (χ1n) is 8.84. The summed E-state index contributed by atoms with van der Waals surface area (Å²) in [6.07, 6.45) is 3.92. The second-order valence-corrected chi connectivity index (χ2v) is 7.50. The fraction of sp³-hybridized carbons (Fsp3) is 0.579. The van der Waals surface area contributed by atoms with Gasteiger partial charge in [0.05, 0.1) is 5.56 Å². The number of hydrogen-bond donors (Lipinski definition) is 1. The van der Waals surface area contributed by atoms with Crippen LogP contribution in [0.5, 0.6) is 0 Å². The quantitative estimate of drug-likeness (QED) is 0.860. The molecule has 0 bridgehead atoms. The highest BCUT2D eigenvalue weighted by Gasteiger charge is 2.40. The molecule has 5 nitrogen and oxygen atoms in total. The molecule has 0 aromatic heterocycles. The van der Waals surface area contributed by atoms with Gasteiger partial charge in [-0.15, -0.1) is 0 Å². The van der Waals surface area contributed by atoms with Crippen molar-refractivity contribution in [3.8, 4) is 0 Å². The lowest BCUT2D eigenvalue weighted by atomic mass is 9.77. The van der Waals surface area contributed by atoms with E-state index in [1.165, 1.54) is 11.1 Å². The van der Waals surface area contributed by atoms with Crippen molar-refractivity contribution in [2.75, 3.05) is 26.2 Å². The van der Waals surface area contributed by atoms with Gasteiger partial charge in [-0.3, -0.25) is 4.79 Å². The highest BCUT2D eigenvalue weighted by atomic mass is 16.5. The first kappa shape index (κ1) is 15.6. The van der Waals surface area contributed by atoms with E-state index >= 15 is 0 Å². The van der Waals surface area contributed by atoms with Crippen molar-refractivity contribution in [2.45, 2.75) is 39.2 Å². The zero-order valence-electron chi connectivity index (χ0n) is 14.2. The molecule has 0 unspecified atom stereocenters. The van der Waals surface area contributed by atoms with E-state index in [1.54, 1.807) is 0 Å². The Kier molecular flexibility index (Phi) is 3.83. The molecular weight excluding hydrogens is 304 g/mol. The monoisotopic (exact) mass is 328 g/mol. The summed E-state index contributed by atoms with van der Waals surface area (Å²) in [4.78, 5) is 25.6. The van der Waals surface area contributed by atoms with E-state index in [0.29, 0.717) is 13.0 Å². The van der Waals surface area contributed by atoms with Crippen molar-refractivity contribution < 1.29 is 14.3 Å². The average Bonchev–Trinajstić information content (AvgIpc) is 3.13. The summed E-state index contributed by atoms with van der Waals surface area (Å²) in [6, 6.07) is 3.99. The maximum Gasteiger partial charge on any atom is 0.338 e. The van der Waals surface area contributed by atoms with Crippen LogP contribution in [-0.4, -0.2) is 43.0 Å². The molecule has 3 heterocycles. The minimum Gasteiger partial charge on any atom is -0.457 e. The Morgan fingerprint density at radius 1 is 1.25 bits per heavy atom. The second-order valence-electron chi connectivity index (χ2n) is 7.50. The van der Waals surface area contributed by atoms with Crippen LogP contribution in [-0.2, 0) is 22.6 Å².